The summed E-state index contributed by atoms with van der Waals surface area (Å²) < 4.78 is 11.6. The minimum absolute atomic E-state index is 0.0489. The number of ether oxygens (including phenoxy) is 2. The second-order valence-electron chi connectivity index (χ2n) is 6.65. The molecule has 162 valence electrons. The fourth-order valence-corrected chi connectivity index (χ4v) is 3.14. The lowest BCUT2D eigenvalue weighted by atomic mass is 10.1. The van der Waals surface area contributed by atoms with E-state index in [1.54, 1.807) is 48.5 Å². The average Bonchev–Trinajstić information content (AvgIpc) is 2.79. The van der Waals surface area contributed by atoms with Crippen molar-refractivity contribution in [3.63, 3.8) is 0 Å². The summed E-state index contributed by atoms with van der Waals surface area (Å²) >= 11 is 12.0. The molecule has 0 aliphatic carbocycles. The summed E-state index contributed by atoms with van der Waals surface area (Å²) in [4.78, 5) is 12.5. The molecule has 5 nitrogen and oxygen atoms in total. The maximum absolute atomic E-state index is 12.5. The Morgan fingerprint density at radius 3 is 2.47 bits per heavy atom. The Kier molecular flexibility index (Phi) is 8.15. The van der Waals surface area contributed by atoms with Crippen LogP contribution in [-0.2, 0) is 11.4 Å². The van der Waals surface area contributed by atoms with Gasteiger partial charge in [0.15, 0.2) is 11.5 Å². The molecule has 3 aromatic rings. The maximum Gasteiger partial charge on any atom is 0.266 e. The van der Waals surface area contributed by atoms with Crippen molar-refractivity contribution in [2.24, 2.45) is 0 Å². The fourth-order valence-electron chi connectivity index (χ4n) is 2.82. The van der Waals surface area contributed by atoms with Crippen LogP contribution in [0.3, 0.4) is 0 Å². The van der Waals surface area contributed by atoms with E-state index in [1.165, 1.54) is 6.08 Å². The van der Waals surface area contributed by atoms with Crippen LogP contribution in [0.4, 0.5) is 5.69 Å². The number of carbonyl (C=O) groups excluding carboxylic acids is 1. The average molecular weight is 467 g/mol. The number of hydrogen-bond donors (Lipinski definition) is 1. The first-order chi connectivity index (χ1) is 15.5. The molecular weight excluding hydrogens is 447 g/mol. The summed E-state index contributed by atoms with van der Waals surface area (Å²) in [5, 5.41) is 13.3. The number of amides is 1. The molecule has 0 aromatic heterocycles. The van der Waals surface area contributed by atoms with Gasteiger partial charge in [-0.05, 0) is 61.0 Å². The largest absolute Gasteiger partial charge is 0.490 e. The lowest BCUT2D eigenvalue weighted by Gasteiger charge is -2.13. The van der Waals surface area contributed by atoms with Crippen LogP contribution in [0.2, 0.25) is 10.0 Å². The quantitative estimate of drug-likeness (QED) is 0.303. The number of rotatable bonds is 8. The van der Waals surface area contributed by atoms with Gasteiger partial charge in [-0.15, -0.1) is 0 Å². The third kappa shape index (κ3) is 6.27. The Labute approximate surface area is 196 Å². The summed E-state index contributed by atoms with van der Waals surface area (Å²) in [6, 6.07) is 21.2. The Balaban J connectivity index is 1.78. The Hall–Kier alpha value is -3.46. The number of nitrogens with zero attached hydrogens (tertiary/aromatic N) is 1. The summed E-state index contributed by atoms with van der Waals surface area (Å²) in [6.07, 6.45) is 1.49. The van der Waals surface area contributed by atoms with Crippen molar-refractivity contribution in [3.8, 4) is 17.6 Å². The van der Waals surface area contributed by atoms with Crippen molar-refractivity contribution < 1.29 is 14.3 Å². The van der Waals surface area contributed by atoms with Gasteiger partial charge in [0.1, 0.15) is 18.2 Å². The minimum atomic E-state index is -0.521. The Morgan fingerprint density at radius 1 is 1.03 bits per heavy atom. The summed E-state index contributed by atoms with van der Waals surface area (Å²) in [6.45, 7) is 2.57. The fraction of sp³-hybridized carbons (Fsp3) is 0.120. The molecule has 7 heteroatoms. The predicted octanol–water partition coefficient (Wildman–Crippen LogP) is 6.52. The van der Waals surface area contributed by atoms with Crippen LogP contribution < -0.4 is 14.8 Å². The van der Waals surface area contributed by atoms with Gasteiger partial charge in [0.2, 0.25) is 0 Å². The van der Waals surface area contributed by atoms with Gasteiger partial charge >= 0.3 is 0 Å². The lowest BCUT2D eigenvalue weighted by molar-refractivity contribution is -0.112. The molecule has 1 N–H and O–H groups in total. The van der Waals surface area contributed by atoms with Crippen molar-refractivity contribution in [2.75, 3.05) is 11.9 Å². The number of carbonyl (C=O) groups is 1. The first kappa shape index (κ1) is 23.2. The molecule has 0 spiro atoms. The van der Waals surface area contributed by atoms with Gasteiger partial charge in [-0.2, -0.15) is 5.26 Å². The number of nitriles is 1. The molecule has 32 heavy (non-hydrogen) atoms. The van der Waals surface area contributed by atoms with Crippen molar-refractivity contribution in [2.45, 2.75) is 13.5 Å². The Bertz CT molecular complexity index is 1170. The van der Waals surface area contributed by atoms with E-state index in [2.05, 4.69) is 5.32 Å². The van der Waals surface area contributed by atoms with Crippen molar-refractivity contribution >= 4 is 40.9 Å². The summed E-state index contributed by atoms with van der Waals surface area (Å²) in [5.74, 6) is 0.517. The second-order valence-corrected chi connectivity index (χ2v) is 7.49. The lowest BCUT2D eigenvalue weighted by Crippen LogP contribution is -2.13. The molecule has 0 heterocycles. The zero-order valence-corrected chi connectivity index (χ0v) is 18.8. The second kappa shape index (κ2) is 11.2. The third-order valence-corrected chi connectivity index (χ3v) is 5.01. The monoisotopic (exact) mass is 466 g/mol. The van der Waals surface area contributed by atoms with Gasteiger partial charge < -0.3 is 14.8 Å². The third-order valence-electron chi connectivity index (χ3n) is 4.39. The minimum Gasteiger partial charge on any atom is -0.490 e. The first-order valence-electron chi connectivity index (χ1n) is 9.82. The molecule has 0 atom stereocenters. The highest BCUT2D eigenvalue weighted by atomic mass is 35.5. The standard InChI is InChI=1S/C25H20Cl2N2O3/c1-2-31-24-14-17(7-12-23(24)32-16-18-5-3-4-6-22(18)27)13-19(15-28)25(30)29-21-10-8-20(26)9-11-21/h3-14H,2,16H2,1H3,(H,29,30)/b19-13-. The van der Waals surface area contributed by atoms with E-state index < -0.39 is 5.91 Å². The summed E-state index contributed by atoms with van der Waals surface area (Å²) in [5.41, 5.74) is 1.97. The number of hydrogen-bond acceptors (Lipinski definition) is 4. The molecule has 0 aliphatic rings. The normalized spacial score (nSPS) is 10.9. The number of halogens is 2. The van der Waals surface area contributed by atoms with Crippen molar-refractivity contribution in [1.29, 1.82) is 5.26 Å². The van der Waals surface area contributed by atoms with E-state index in [0.29, 0.717) is 39.4 Å². The molecule has 3 aromatic carbocycles. The first-order valence-corrected chi connectivity index (χ1v) is 10.6. The van der Waals surface area contributed by atoms with E-state index in [1.807, 2.05) is 31.2 Å². The van der Waals surface area contributed by atoms with Crippen LogP contribution in [0.5, 0.6) is 11.5 Å². The topological polar surface area (TPSA) is 71.3 Å². The molecule has 0 unspecified atom stereocenters. The molecule has 1 amide bonds. The highest BCUT2D eigenvalue weighted by Gasteiger charge is 2.12. The molecule has 3 rings (SSSR count). The smallest absolute Gasteiger partial charge is 0.266 e. The SMILES string of the molecule is CCOc1cc(/C=C(/C#N)C(=O)Nc2ccc(Cl)cc2)ccc1OCc1ccccc1Cl. The zero-order valence-electron chi connectivity index (χ0n) is 17.3. The van der Waals surface area contributed by atoms with Crippen LogP contribution in [0.1, 0.15) is 18.1 Å². The maximum atomic E-state index is 12.5. The van der Waals surface area contributed by atoms with Gasteiger partial charge in [-0.3, -0.25) is 4.79 Å². The van der Waals surface area contributed by atoms with Gasteiger partial charge in [-0.1, -0.05) is 47.5 Å². The molecule has 0 bridgehead atoms. The zero-order chi connectivity index (χ0) is 22.9. The predicted molar refractivity (Wildman–Crippen MR) is 127 cm³/mol. The van der Waals surface area contributed by atoms with E-state index in [4.69, 9.17) is 32.7 Å². The molecule has 0 fully saturated rings. The molecule has 0 radical (unpaired) electrons. The van der Waals surface area contributed by atoms with E-state index in [-0.39, 0.29) is 12.2 Å². The molecule has 0 saturated carbocycles. The molecule has 0 saturated heterocycles. The van der Waals surface area contributed by atoms with Crippen LogP contribution in [0.25, 0.3) is 6.08 Å². The van der Waals surface area contributed by atoms with Crippen molar-refractivity contribution in [3.05, 3.63) is 93.5 Å². The van der Waals surface area contributed by atoms with Gasteiger partial charge in [0, 0.05) is 21.3 Å². The van der Waals surface area contributed by atoms with Gasteiger partial charge in [-0.25, -0.2) is 0 Å². The van der Waals surface area contributed by atoms with Crippen molar-refractivity contribution in [1.82, 2.24) is 0 Å². The van der Waals surface area contributed by atoms with E-state index in [0.717, 1.165) is 5.56 Å². The van der Waals surface area contributed by atoms with Crippen LogP contribution in [0, 0.1) is 11.3 Å². The van der Waals surface area contributed by atoms with Crippen LogP contribution in [-0.4, -0.2) is 12.5 Å². The Morgan fingerprint density at radius 2 is 1.78 bits per heavy atom. The van der Waals surface area contributed by atoms with E-state index >= 15 is 0 Å². The molecular formula is C25H20Cl2N2O3. The van der Waals surface area contributed by atoms with Crippen LogP contribution in [0.15, 0.2) is 72.3 Å². The number of benzene rings is 3. The highest BCUT2D eigenvalue weighted by molar-refractivity contribution is 6.31. The molecule has 0 aliphatic heterocycles. The number of anilines is 1. The number of nitrogens with one attached hydrogen (secondary N) is 1. The summed E-state index contributed by atoms with van der Waals surface area (Å²) in [7, 11) is 0. The highest BCUT2D eigenvalue weighted by Crippen LogP contribution is 2.31. The van der Waals surface area contributed by atoms with Crippen LogP contribution >= 0.6 is 23.2 Å². The van der Waals surface area contributed by atoms with E-state index in [9.17, 15) is 10.1 Å². The van der Waals surface area contributed by atoms with Gasteiger partial charge in [0.05, 0.1) is 6.61 Å². The van der Waals surface area contributed by atoms with Gasteiger partial charge in [0.25, 0.3) is 5.91 Å².